The molecule has 1 unspecified atom stereocenters. The van der Waals surface area contributed by atoms with E-state index in [9.17, 15) is 9.59 Å². The molecule has 1 atom stereocenters. The molecule has 0 saturated carbocycles. The van der Waals surface area contributed by atoms with E-state index in [-0.39, 0.29) is 17.5 Å². The molecule has 1 aliphatic heterocycles. The monoisotopic (exact) mass is 367 g/mol. The van der Waals surface area contributed by atoms with E-state index in [0.717, 1.165) is 33.7 Å². The molecule has 1 aromatic heterocycles. The second kappa shape index (κ2) is 6.64. The molecule has 2 N–H and O–H groups in total. The summed E-state index contributed by atoms with van der Waals surface area (Å²) in [7, 11) is 0. The smallest absolute Gasteiger partial charge is 0.305 e. The van der Waals surface area contributed by atoms with Gasteiger partial charge in [-0.05, 0) is 12.1 Å². The van der Waals surface area contributed by atoms with E-state index in [2.05, 4.69) is 15.5 Å². The van der Waals surface area contributed by atoms with Gasteiger partial charge in [0.15, 0.2) is 5.17 Å². The highest BCUT2D eigenvalue weighted by atomic mass is 32.2. The number of carboxylic acid groups (broad SMARTS) is 1. The number of benzene rings is 2. The number of carbonyl (C=O) groups excluding carboxylic acids is 1. The number of thioether (sulfide) groups is 1. The fraction of sp³-hybridized carbons (Fsp3) is 0.111. The number of carboxylic acids is 1. The van der Waals surface area contributed by atoms with E-state index < -0.39 is 11.2 Å². The van der Waals surface area contributed by atoms with Crippen molar-refractivity contribution in [2.24, 2.45) is 10.2 Å². The van der Waals surface area contributed by atoms with Gasteiger partial charge in [0, 0.05) is 16.3 Å². The summed E-state index contributed by atoms with van der Waals surface area (Å²) in [5.74, 6) is -1.40. The topological polar surface area (TPSA) is 104 Å². The molecule has 1 fully saturated rings. The minimum Gasteiger partial charge on any atom is -0.481 e. The molecule has 4 rings (SSSR count). The molecule has 1 amide bonds. The number of nitrogens with one attached hydrogen (secondary N) is 1. The van der Waals surface area contributed by atoms with Crippen LogP contribution >= 0.6 is 11.8 Å². The van der Waals surface area contributed by atoms with Crippen molar-refractivity contribution in [3.63, 3.8) is 0 Å². The average Bonchev–Trinajstić information content (AvgIpc) is 3.16. The van der Waals surface area contributed by atoms with Gasteiger partial charge in [-0.3, -0.25) is 9.59 Å². The summed E-state index contributed by atoms with van der Waals surface area (Å²) in [6.07, 6.45) is 1.30. The van der Waals surface area contributed by atoms with Gasteiger partial charge in [-0.15, -0.1) is 5.10 Å². The normalized spacial score (nSPS) is 19.0. The van der Waals surface area contributed by atoms with Crippen LogP contribution in [0.25, 0.3) is 21.9 Å². The van der Waals surface area contributed by atoms with Gasteiger partial charge >= 0.3 is 5.97 Å². The third kappa shape index (κ3) is 3.06. The second-order valence-corrected chi connectivity index (χ2v) is 6.86. The zero-order valence-corrected chi connectivity index (χ0v) is 14.2. The van der Waals surface area contributed by atoms with E-state index in [4.69, 9.17) is 9.52 Å². The molecule has 1 aliphatic rings. The molecule has 2 aromatic carbocycles. The standard InChI is InChI=1S/C18H13N3O4S/c22-15(23)8-14-17(24)20-18(26-14)21-19-9-10-4-3-6-12-11-5-1-2-7-13(11)25-16(10)12/h1-7,9,14H,8H2,(H,22,23)(H,20,21,24). The second-order valence-electron chi connectivity index (χ2n) is 5.67. The Hall–Kier alpha value is -3.13. The Labute approximate surface area is 151 Å². The van der Waals surface area contributed by atoms with Gasteiger partial charge in [0.1, 0.15) is 16.4 Å². The zero-order chi connectivity index (χ0) is 18.1. The largest absolute Gasteiger partial charge is 0.481 e. The van der Waals surface area contributed by atoms with E-state index in [1.54, 1.807) is 6.21 Å². The molecular weight excluding hydrogens is 354 g/mol. The molecule has 26 heavy (non-hydrogen) atoms. The number of para-hydroxylation sites is 2. The quantitative estimate of drug-likeness (QED) is 0.545. The summed E-state index contributed by atoms with van der Waals surface area (Å²) in [4.78, 5) is 22.4. The highest BCUT2D eigenvalue weighted by Crippen LogP contribution is 2.30. The lowest BCUT2D eigenvalue weighted by atomic mass is 10.1. The van der Waals surface area contributed by atoms with Gasteiger partial charge in [-0.1, -0.05) is 42.1 Å². The number of furan rings is 1. The first kappa shape index (κ1) is 16.3. The molecular formula is C18H13N3O4S. The van der Waals surface area contributed by atoms with Gasteiger partial charge in [-0.2, -0.15) is 5.10 Å². The number of rotatable bonds is 4. The van der Waals surface area contributed by atoms with E-state index in [1.807, 2.05) is 42.5 Å². The average molecular weight is 367 g/mol. The maximum atomic E-state index is 11.7. The lowest BCUT2D eigenvalue weighted by molar-refractivity contribution is -0.138. The van der Waals surface area contributed by atoms with Crippen molar-refractivity contribution in [1.82, 2.24) is 5.32 Å². The lowest BCUT2D eigenvalue weighted by Gasteiger charge is -1.97. The molecule has 130 valence electrons. The van der Waals surface area contributed by atoms with E-state index in [1.165, 1.54) is 0 Å². The van der Waals surface area contributed by atoms with Gasteiger partial charge in [0.05, 0.1) is 12.6 Å². The molecule has 8 heteroatoms. The zero-order valence-electron chi connectivity index (χ0n) is 13.4. The Balaban J connectivity index is 1.60. The van der Waals surface area contributed by atoms with Crippen LogP contribution in [0.1, 0.15) is 12.0 Å². The number of amides is 1. The van der Waals surface area contributed by atoms with Gasteiger partial charge < -0.3 is 14.8 Å². The highest BCUT2D eigenvalue weighted by Gasteiger charge is 2.32. The van der Waals surface area contributed by atoms with Crippen LogP contribution in [0.4, 0.5) is 0 Å². The maximum absolute atomic E-state index is 11.7. The van der Waals surface area contributed by atoms with Crippen LogP contribution in [0.5, 0.6) is 0 Å². The van der Waals surface area contributed by atoms with Crippen molar-refractivity contribution in [2.75, 3.05) is 0 Å². The molecule has 1 saturated heterocycles. The number of fused-ring (bicyclic) bond motifs is 3. The Bertz CT molecular complexity index is 1090. The first-order valence-electron chi connectivity index (χ1n) is 7.82. The van der Waals surface area contributed by atoms with Gasteiger partial charge in [0.2, 0.25) is 5.91 Å². The van der Waals surface area contributed by atoms with Crippen LogP contribution in [-0.4, -0.2) is 33.6 Å². The Morgan fingerprint density at radius 3 is 2.88 bits per heavy atom. The van der Waals surface area contributed by atoms with Crippen LogP contribution < -0.4 is 5.32 Å². The lowest BCUT2D eigenvalue weighted by Crippen LogP contribution is -2.26. The Morgan fingerprint density at radius 2 is 2.04 bits per heavy atom. The van der Waals surface area contributed by atoms with Crippen LogP contribution in [0, 0.1) is 0 Å². The predicted molar refractivity (Wildman–Crippen MR) is 101 cm³/mol. The summed E-state index contributed by atoms with van der Waals surface area (Å²) in [5, 5.41) is 20.9. The Morgan fingerprint density at radius 1 is 1.23 bits per heavy atom. The van der Waals surface area contributed by atoms with Crippen molar-refractivity contribution in [3.05, 3.63) is 48.0 Å². The van der Waals surface area contributed by atoms with Crippen LogP contribution in [-0.2, 0) is 9.59 Å². The molecule has 0 spiro atoms. The number of aliphatic carboxylic acids is 1. The fourth-order valence-electron chi connectivity index (χ4n) is 2.76. The maximum Gasteiger partial charge on any atom is 0.305 e. The summed E-state index contributed by atoms with van der Waals surface area (Å²) in [5.41, 5.74) is 2.27. The van der Waals surface area contributed by atoms with Crippen molar-refractivity contribution in [2.45, 2.75) is 11.7 Å². The molecule has 7 nitrogen and oxygen atoms in total. The third-order valence-electron chi connectivity index (χ3n) is 3.92. The van der Waals surface area contributed by atoms with Crippen molar-refractivity contribution in [3.8, 4) is 0 Å². The van der Waals surface area contributed by atoms with Crippen molar-refractivity contribution >= 4 is 57.0 Å². The minimum atomic E-state index is -1.03. The number of carbonyl (C=O) groups is 2. The fourth-order valence-corrected chi connectivity index (χ4v) is 3.67. The summed E-state index contributed by atoms with van der Waals surface area (Å²) >= 11 is 1.06. The van der Waals surface area contributed by atoms with Crippen molar-refractivity contribution < 1.29 is 19.1 Å². The number of nitrogens with zero attached hydrogens (tertiary/aromatic N) is 2. The van der Waals surface area contributed by atoms with Crippen LogP contribution in [0.2, 0.25) is 0 Å². The summed E-state index contributed by atoms with van der Waals surface area (Å²) in [6, 6.07) is 13.5. The summed E-state index contributed by atoms with van der Waals surface area (Å²) < 4.78 is 5.90. The van der Waals surface area contributed by atoms with Crippen LogP contribution in [0.3, 0.4) is 0 Å². The minimum absolute atomic E-state index is 0.252. The SMILES string of the molecule is O=C(O)CC1SC(=NN=Cc2cccc3c2oc2ccccc23)NC1=O. The molecule has 0 aliphatic carbocycles. The number of amidine groups is 1. The molecule has 3 aromatic rings. The third-order valence-corrected chi connectivity index (χ3v) is 4.99. The summed E-state index contributed by atoms with van der Waals surface area (Å²) in [6.45, 7) is 0. The van der Waals surface area contributed by atoms with E-state index in [0.29, 0.717) is 5.58 Å². The van der Waals surface area contributed by atoms with E-state index >= 15 is 0 Å². The highest BCUT2D eigenvalue weighted by molar-refractivity contribution is 8.15. The molecule has 0 bridgehead atoms. The molecule has 0 radical (unpaired) electrons. The Kier molecular flexibility index (Phi) is 4.18. The van der Waals surface area contributed by atoms with Gasteiger partial charge in [0.25, 0.3) is 0 Å². The number of hydrogen-bond acceptors (Lipinski definition) is 6. The van der Waals surface area contributed by atoms with Crippen LogP contribution in [0.15, 0.2) is 57.1 Å². The van der Waals surface area contributed by atoms with Crippen molar-refractivity contribution in [1.29, 1.82) is 0 Å². The first-order chi connectivity index (χ1) is 12.6. The number of hydrogen-bond donors (Lipinski definition) is 2. The van der Waals surface area contributed by atoms with Gasteiger partial charge in [-0.25, -0.2) is 0 Å². The predicted octanol–water partition coefficient (Wildman–Crippen LogP) is 2.98. The molecule has 2 heterocycles. The first-order valence-corrected chi connectivity index (χ1v) is 8.70.